The first-order valence-corrected chi connectivity index (χ1v) is 6.04. The van der Waals surface area contributed by atoms with Crippen LogP contribution < -0.4 is 0 Å². The summed E-state index contributed by atoms with van der Waals surface area (Å²) in [5.41, 5.74) is 2.61. The van der Waals surface area contributed by atoms with E-state index in [0.717, 1.165) is 11.1 Å². The van der Waals surface area contributed by atoms with Gasteiger partial charge in [-0.05, 0) is 24.6 Å². The predicted molar refractivity (Wildman–Crippen MR) is 77.8 cm³/mol. The Bertz CT molecular complexity index is 727. The Kier molecular flexibility index (Phi) is 3.92. The molecule has 2 aromatic rings. The van der Waals surface area contributed by atoms with E-state index in [4.69, 9.17) is 0 Å². The van der Waals surface area contributed by atoms with Gasteiger partial charge in [-0.1, -0.05) is 42.0 Å². The van der Waals surface area contributed by atoms with Crippen LogP contribution in [0.4, 0.5) is 5.69 Å². The number of nitriles is 1. The highest BCUT2D eigenvalue weighted by Crippen LogP contribution is 2.24. The summed E-state index contributed by atoms with van der Waals surface area (Å²) < 4.78 is 0. The van der Waals surface area contributed by atoms with Crippen molar-refractivity contribution in [3.63, 3.8) is 0 Å². The highest BCUT2D eigenvalue weighted by atomic mass is 16.6. The Balaban J connectivity index is 2.53. The molecule has 0 saturated heterocycles. The fourth-order valence-corrected chi connectivity index (χ4v) is 1.92. The van der Waals surface area contributed by atoms with Crippen molar-refractivity contribution in [3.8, 4) is 6.07 Å². The van der Waals surface area contributed by atoms with Crippen LogP contribution in [0.2, 0.25) is 0 Å². The van der Waals surface area contributed by atoms with E-state index in [1.54, 1.807) is 24.3 Å². The molecule has 0 unspecified atom stereocenters. The first-order chi connectivity index (χ1) is 9.61. The van der Waals surface area contributed by atoms with Crippen molar-refractivity contribution in [2.75, 3.05) is 0 Å². The van der Waals surface area contributed by atoms with Crippen molar-refractivity contribution in [1.82, 2.24) is 0 Å². The van der Waals surface area contributed by atoms with Gasteiger partial charge >= 0.3 is 0 Å². The van der Waals surface area contributed by atoms with Crippen molar-refractivity contribution < 1.29 is 4.92 Å². The third-order valence-electron chi connectivity index (χ3n) is 2.88. The first-order valence-electron chi connectivity index (χ1n) is 6.04. The summed E-state index contributed by atoms with van der Waals surface area (Å²) in [6.07, 6.45) is 1.55. The van der Waals surface area contributed by atoms with Crippen molar-refractivity contribution in [3.05, 3.63) is 75.3 Å². The largest absolute Gasteiger partial charge is 0.276 e. The number of nitro groups is 1. The Labute approximate surface area is 116 Å². The Morgan fingerprint density at radius 3 is 2.65 bits per heavy atom. The molecule has 2 rings (SSSR count). The second-order valence-electron chi connectivity index (χ2n) is 4.36. The molecule has 0 fully saturated rings. The van der Waals surface area contributed by atoms with Crippen molar-refractivity contribution in [1.29, 1.82) is 5.26 Å². The van der Waals surface area contributed by atoms with Gasteiger partial charge in [0, 0.05) is 6.07 Å². The quantitative estimate of drug-likeness (QED) is 0.364. The Morgan fingerprint density at radius 1 is 1.25 bits per heavy atom. The molecule has 0 radical (unpaired) electrons. The summed E-state index contributed by atoms with van der Waals surface area (Å²) in [7, 11) is 0. The zero-order valence-corrected chi connectivity index (χ0v) is 10.9. The molecule has 0 heterocycles. The van der Waals surface area contributed by atoms with Gasteiger partial charge in [0.25, 0.3) is 5.69 Å². The molecule has 0 atom stereocenters. The lowest BCUT2D eigenvalue weighted by molar-refractivity contribution is -0.385. The Morgan fingerprint density at radius 2 is 2.00 bits per heavy atom. The van der Waals surface area contributed by atoms with E-state index in [0.29, 0.717) is 11.1 Å². The molecule has 0 amide bonds. The van der Waals surface area contributed by atoms with Gasteiger partial charge in [-0.3, -0.25) is 10.1 Å². The minimum atomic E-state index is -0.447. The van der Waals surface area contributed by atoms with Crippen LogP contribution in [0.1, 0.15) is 16.7 Å². The van der Waals surface area contributed by atoms with Gasteiger partial charge in [-0.25, -0.2) is 0 Å². The topological polar surface area (TPSA) is 66.9 Å². The van der Waals surface area contributed by atoms with Gasteiger partial charge in [-0.15, -0.1) is 0 Å². The standard InChI is InChI=1S/C16H12N2O2/c1-12-5-4-7-13(9-12)15(11-17)10-14-6-2-3-8-16(14)18(19)20/h2-10H,1H3/b15-10+. The summed E-state index contributed by atoms with van der Waals surface area (Å²) >= 11 is 0. The minimum absolute atomic E-state index is 0.00657. The lowest BCUT2D eigenvalue weighted by Gasteiger charge is -2.02. The Hall–Kier alpha value is -2.93. The molecule has 98 valence electrons. The highest BCUT2D eigenvalue weighted by Gasteiger charge is 2.11. The highest BCUT2D eigenvalue weighted by molar-refractivity contribution is 5.91. The second kappa shape index (κ2) is 5.81. The van der Waals surface area contributed by atoms with Crippen LogP contribution in [-0.4, -0.2) is 4.92 Å². The van der Waals surface area contributed by atoms with E-state index in [2.05, 4.69) is 6.07 Å². The fourth-order valence-electron chi connectivity index (χ4n) is 1.92. The number of nitrogens with zero attached hydrogens (tertiary/aromatic N) is 2. The molecular weight excluding hydrogens is 252 g/mol. The van der Waals surface area contributed by atoms with E-state index in [9.17, 15) is 15.4 Å². The summed E-state index contributed by atoms with van der Waals surface area (Å²) in [6, 6.07) is 16.0. The molecule has 0 aromatic heterocycles. The number of hydrogen-bond acceptors (Lipinski definition) is 3. The smallest absolute Gasteiger partial charge is 0.258 e. The third-order valence-corrected chi connectivity index (χ3v) is 2.88. The molecule has 0 bridgehead atoms. The molecule has 0 N–H and O–H groups in total. The third kappa shape index (κ3) is 2.90. The van der Waals surface area contributed by atoms with Gasteiger partial charge in [0.1, 0.15) is 0 Å². The van der Waals surface area contributed by atoms with Gasteiger partial charge in [0.2, 0.25) is 0 Å². The van der Waals surface area contributed by atoms with E-state index >= 15 is 0 Å². The molecule has 20 heavy (non-hydrogen) atoms. The van der Waals surface area contributed by atoms with E-state index in [1.165, 1.54) is 6.07 Å². The maximum absolute atomic E-state index is 11.0. The lowest BCUT2D eigenvalue weighted by atomic mass is 10.0. The summed E-state index contributed by atoms with van der Waals surface area (Å²) in [6.45, 7) is 1.93. The maximum Gasteiger partial charge on any atom is 0.276 e. The normalized spacial score (nSPS) is 10.9. The number of aryl methyl sites for hydroxylation is 1. The van der Waals surface area contributed by atoms with Gasteiger partial charge < -0.3 is 0 Å². The average molecular weight is 264 g/mol. The van der Waals surface area contributed by atoms with Crippen LogP contribution in [0.15, 0.2) is 48.5 Å². The number of hydrogen-bond donors (Lipinski definition) is 0. The van der Waals surface area contributed by atoms with Crippen molar-refractivity contribution >= 4 is 17.3 Å². The van der Waals surface area contributed by atoms with Crippen LogP contribution in [-0.2, 0) is 0 Å². The molecule has 0 aliphatic carbocycles. The zero-order chi connectivity index (χ0) is 14.5. The van der Waals surface area contributed by atoms with E-state index in [1.807, 2.05) is 31.2 Å². The van der Waals surface area contributed by atoms with Gasteiger partial charge in [0.15, 0.2) is 0 Å². The van der Waals surface area contributed by atoms with E-state index < -0.39 is 4.92 Å². The second-order valence-corrected chi connectivity index (χ2v) is 4.36. The minimum Gasteiger partial charge on any atom is -0.258 e. The van der Waals surface area contributed by atoms with Crippen molar-refractivity contribution in [2.45, 2.75) is 6.92 Å². The average Bonchev–Trinajstić information content (AvgIpc) is 2.45. The molecule has 4 nitrogen and oxygen atoms in total. The molecule has 2 aromatic carbocycles. The summed E-state index contributed by atoms with van der Waals surface area (Å²) in [5, 5.41) is 20.2. The van der Waals surface area contributed by atoms with Crippen LogP contribution in [0.5, 0.6) is 0 Å². The number of benzene rings is 2. The zero-order valence-electron chi connectivity index (χ0n) is 10.9. The summed E-state index contributed by atoms with van der Waals surface area (Å²) in [5.74, 6) is 0. The van der Waals surface area contributed by atoms with Crippen LogP contribution in [0.25, 0.3) is 11.6 Å². The molecular formula is C16H12N2O2. The molecule has 4 heteroatoms. The number of para-hydroxylation sites is 1. The predicted octanol–water partition coefficient (Wildman–Crippen LogP) is 3.97. The van der Waals surface area contributed by atoms with E-state index in [-0.39, 0.29) is 5.69 Å². The fraction of sp³-hybridized carbons (Fsp3) is 0.0625. The molecule has 0 saturated carbocycles. The molecule has 0 spiro atoms. The number of allylic oxidation sites excluding steroid dienone is 1. The SMILES string of the molecule is Cc1cccc(/C(C#N)=C/c2ccccc2[N+](=O)[O-])c1. The maximum atomic E-state index is 11.0. The van der Waals surface area contributed by atoms with Gasteiger partial charge in [0.05, 0.1) is 22.1 Å². The van der Waals surface area contributed by atoms with Crippen LogP contribution in [0, 0.1) is 28.4 Å². The number of rotatable bonds is 3. The number of nitro benzene ring substituents is 1. The van der Waals surface area contributed by atoms with Crippen molar-refractivity contribution in [2.24, 2.45) is 0 Å². The van der Waals surface area contributed by atoms with Gasteiger partial charge in [-0.2, -0.15) is 5.26 Å². The summed E-state index contributed by atoms with van der Waals surface area (Å²) in [4.78, 5) is 10.5. The van der Waals surface area contributed by atoms with Crippen LogP contribution in [0.3, 0.4) is 0 Å². The molecule has 0 aliphatic rings. The van der Waals surface area contributed by atoms with Crippen LogP contribution >= 0.6 is 0 Å². The lowest BCUT2D eigenvalue weighted by Crippen LogP contribution is -1.91. The molecule has 0 aliphatic heterocycles. The first kappa shape index (κ1) is 13.5. The monoisotopic (exact) mass is 264 g/mol.